The van der Waals surface area contributed by atoms with Crippen LogP contribution in [-0.2, 0) is 16.6 Å². The van der Waals surface area contributed by atoms with Gasteiger partial charge in [0.05, 0.1) is 0 Å². The van der Waals surface area contributed by atoms with Crippen molar-refractivity contribution in [2.45, 2.75) is 49.6 Å². The van der Waals surface area contributed by atoms with Crippen LogP contribution < -0.4 is 10.6 Å². The molecule has 2 N–H and O–H groups in total. The number of carbonyl (C=O) groups is 1. The van der Waals surface area contributed by atoms with Crippen molar-refractivity contribution >= 4 is 27.3 Å². The summed E-state index contributed by atoms with van der Waals surface area (Å²) in [5.41, 5.74) is 2.22. The van der Waals surface area contributed by atoms with Gasteiger partial charge in [-0.05, 0) is 47.9 Å². The standard InChI is InChI=1S/C21H27N3O3S2/c1-15-13-24(14-16-6-2-3-8-18(15)16)29(26,27)19-9-11-28-20(19)21(25)23-12-17-7-4-5-10-22-17/h2-3,6,8-9,11,15,17,22H,4-5,7,10,12-14H2,1H3,(H,23,25)/t15?,17-/m1/s1. The van der Waals surface area contributed by atoms with Crippen LogP contribution in [0.2, 0.25) is 0 Å². The van der Waals surface area contributed by atoms with Gasteiger partial charge in [0.1, 0.15) is 9.77 Å². The van der Waals surface area contributed by atoms with Gasteiger partial charge in [0.25, 0.3) is 5.91 Å². The Bertz CT molecular complexity index is 981. The van der Waals surface area contributed by atoms with Crippen LogP contribution >= 0.6 is 11.3 Å². The summed E-state index contributed by atoms with van der Waals surface area (Å²) in [5.74, 6) is -0.195. The lowest BCUT2D eigenvalue weighted by atomic mass is 9.92. The summed E-state index contributed by atoms with van der Waals surface area (Å²) in [6, 6.07) is 9.77. The highest BCUT2D eigenvalue weighted by Crippen LogP contribution is 2.33. The zero-order valence-electron chi connectivity index (χ0n) is 16.6. The summed E-state index contributed by atoms with van der Waals surface area (Å²) in [4.78, 5) is 13.1. The van der Waals surface area contributed by atoms with E-state index in [-0.39, 0.29) is 27.6 Å². The van der Waals surface area contributed by atoms with Gasteiger partial charge < -0.3 is 10.6 Å². The minimum atomic E-state index is -3.75. The van der Waals surface area contributed by atoms with Gasteiger partial charge in [0.2, 0.25) is 10.0 Å². The van der Waals surface area contributed by atoms with E-state index in [0.717, 1.165) is 31.4 Å². The van der Waals surface area contributed by atoms with E-state index >= 15 is 0 Å². The third-order valence-corrected chi connectivity index (χ3v) is 8.68. The molecule has 1 unspecified atom stereocenters. The van der Waals surface area contributed by atoms with Crippen molar-refractivity contribution < 1.29 is 13.2 Å². The first kappa shape index (κ1) is 20.5. The number of thiophene rings is 1. The highest BCUT2D eigenvalue weighted by Gasteiger charge is 2.34. The number of piperidine rings is 1. The molecule has 0 saturated carbocycles. The predicted molar refractivity (Wildman–Crippen MR) is 115 cm³/mol. The lowest BCUT2D eigenvalue weighted by Crippen LogP contribution is -2.43. The molecule has 1 saturated heterocycles. The Morgan fingerprint density at radius 1 is 1.28 bits per heavy atom. The summed E-state index contributed by atoms with van der Waals surface area (Å²) in [6.45, 7) is 4.28. The van der Waals surface area contributed by atoms with Gasteiger partial charge in [-0.25, -0.2) is 8.42 Å². The first-order chi connectivity index (χ1) is 14.0. The molecular formula is C21H27N3O3S2. The third-order valence-electron chi connectivity index (χ3n) is 5.78. The topological polar surface area (TPSA) is 78.5 Å². The van der Waals surface area contributed by atoms with Crippen LogP contribution in [0.1, 0.15) is 52.9 Å². The molecular weight excluding hydrogens is 406 g/mol. The molecule has 2 atom stereocenters. The van der Waals surface area contributed by atoms with Crippen molar-refractivity contribution in [2.24, 2.45) is 0 Å². The molecule has 6 nitrogen and oxygen atoms in total. The van der Waals surface area contributed by atoms with E-state index in [4.69, 9.17) is 0 Å². The molecule has 3 heterocycles. The maximum absolute atomic E-state index is 13.4. The average Bonchev–Trinajstić information content (AvgIpc) is 3.24. The van der Waals surface area contributed by atoms with Crippen LogP contribution in [0.25, 0.3) is 0 Å². The Labute approximate surface area is 176 Å². The first-order valence-electron chi connectivity index (χ1n) is 10.1. The minimum Gasteiger partial charge on any atom is -0.350 e. The Balaban J connectivity index is 1.51. The quantitative estimate of drug-likeness (QED) is 0.760. The number of benzene rings is 1. The van der Waals surface area contributed by atoms with Crippen molar-refractivity contribution in [1.82, 2.24) is 14.9 Å². The fraction of sp³-hybridized carbons (Fsp3) is 0.476. The van der Waals surface area contributed by atoms with E-state index < -0.39 is 10.0 Å². The predicted octanol–water partition coefficient (Wildman–Crippen LogP) is 2.93. The van der Waals surface area contributed by atoms with E-state index in [2.05, 4.69) is 16.7 Å². The Morgan fingerprint density at radius 3 is 2.90 bits per heavy atom. The van der Waals surface area contributed by atoms with Gasteiger partial charge >= 0.3 is 0 Å². The van der Waals surface area contributed by atoms with E-state index in [1.807, 2.05) is 25.1 Å². The molecule has 0 aliphatic carbocycles. The van der Waals surface area contributed by atoms with Crippen molar-refractivity contribution in [3.8, 4) is 0 Å². The molecule has 4 rings (SSSR count). The van der Waals surface area contributed by atoms with Gasteiger partial charge in [-0.1, -0.05) is 37.6 Å². The van der Waals surface area contributed by atoms with Crippen molar-refractivity contribution in [2.75, 3.05) is 19.6 Å². The molecule has 1 amide bonds. The number of rotatable bonds is 5. The normalized spacial score (nSPS) is 22.8. The number of hydrogen-bond acceptors (Lipinski definition) is 5. The second-order valence-corrected chi connectivity index (χ2v) is 10.7. The number of fused-ring (bicyclic) bond motifs is 1. The number of amides is 1. The Kier molecular flexibility index (Phi) is 6.06. The fourth-order valence-corrected chi connectivity index (χ4v) is 7.02. The highest BCUT2D eigenvalue weighted by molar-refractivity contribution is 7.89. The summed E-state index contributed by atoms with van der Waals surface area (Å²) in [7, 11) is -3.75. The maximum Gasteiger partial charge on any atom is 0.262 e. The summed E-state index contributed by atoms with van der Waals surface area (Å²) < 4.78 is 28.3. The lowest BCUT2D eigenvalue weighted by molar-refractivity contribution is 0.0948. The van der Waals surface area contributed by atoms with Crippen LogP contribution in [0, 0.1) is 0 Å². The van der Waals surface area contributed by atoms with Gasteiger partial charge in [-0.2, -0.15) is 4.31 Å². The molecule has 29 heavy (non-hydrogen) atoms. The monoisotopic (exact) mass is 433 g/mol. The maximum atomic E-state index is 13.4. The molecule has 0 bridgehead atoms. The van der Waals surface area contributed by atoms with Crippen LogP contribution in [0.3, 0.4) is 0 Å². The Morgan fingerprint density at radius 2 is 2.10 bits per heavy atom. The number of sulfonamides is 1. The second kappa shape index (κ2) is 8.55. The van der Waals surface area contributed by atoms with Crippen molar-refractivity contribution in [3.05, 3.63) is 51.7 Å². The van der Waals surface area contributed by atoms with Crippen LogP contribution in [0.15, 0.2) is 40.6 Å². The number of nitrogens with one attached hydrogen (secondary N) is 2. The van der Waals surface area contributed by atoms with Crippen LogP contribution in [0.4, 0.5) is 0 Å². The first-order valence-corrected chi connectivity index (χ1v) is 12.5. The van der Waals surface area contributed by atoms with Crippen molar-refractivity contribution in [1.29, 1.82) is 0 Å². The van der Waals surface area contributed by atoms with E-state index in [9.17, 15) is 13.2 Å². The summed E-state index contributed by atoms with van der Waals surface area (Å²) in [6.07, 6.45) is 3.34. The largest absolute Gasteiger partial charge is 0.350 e. The molecule has 1 aromatic heterocycles. The van der Waals surface area contributed by atoms with Gasteiger partial charge in [-0.3, -0.25) is 4.79 Å². The fourth-order valence-electron chi connectivity index (χ4n) is 4.20. The Hall–Kier alpha value is -1.74. The van der Waals surface area contributed by atoms with Crippen LogP contribution in [0.5, 0.6) is 0 Å². The molecule has 1 fully saturated rings. The number of carbonyl (C=O) groups excluding carboxylic acids is 1. The second-order valence-electron chi connectivity index (χ2n) is 7.87. The van der Waals surface area contributed by atoms with Gasteiger partial charge in [0, 0.05) is 25.7 Å². The minimum absolute atomic E-state index is 0.114. The molecule has 156 valence electrons. The van der Waals surface area contributed by atoms with Crippen molar-refractivity contribution in [3.63, 3.8) is 0 Å². The highest BCUT2D eigenvalue weighted by atomic mass is 32.2. The molecule has 2 aliphatic heterocycles. The molecule has 0 radical (unpaired) electrons. The lowest BCUT2D eigenvalue weighted by Gasteiger charge is -2.32. The van der Waals surface area contributed by atoms with Gasteiger partial charge in [-0.15, -0.1) is 11.3 Å². The van der Waals surface area contributed by atoms with E-state index in [1.54, 1.807) is 11.4 Å². The molecule has 8 heteroatoms. The smallest absolute Gasteiger partial charge is 0.262 e. The number of nitrogens with zero attached hydrogens (tertiary/aromatic N) is 1. The van der Waals surface area contributed by atoms with E-state index in [1.165, 1.54) is 21.2 Å². The SMILES string of the molecule is CC1CN(S(=O)(=O)c2ccsc2C(=O)NC[C@H]2CCCCN2)Cc2ccccc21. The molecule has 0 spiro atoms. The zero-order valence-corrected chi connectivity index (χ0v) is 18.2. The summed E-state index contributed by atoms with van der Waals surface area (Å²) >= 11 is 1.18. The molecule has 1 aromatic carbocycles. The van der Waals surface area contributed by atoms with Crippen LogP contribution in [-0.4, -0.2) is 44.3 Å². The van der Waals surface area contributed by atoms with Gasteiger partial charge in [0.15, 0.2) is 0 Å². The van der Waals surface area contributed by atoms with E-state index in [0.29, 0.717) is 19.6 Å². The molecule has 2 aromatic rings. The molecule has 2 aliphatic rings. The summed E-state index contributed by atoms with van der Waals surface area (Å²) in [5, 5.41) is 8.00. The average molecular weight is 434 g/mol. The zero-order chi connectivity index (χ0) is 20.4. The third kappa shape index (κ3) is 4.26. The number of hydrogen-bond donors (Lipinski definition) is 2.